The molecule has 1 unspecified atom stereocenters. The zero-order valence-electron chi connectivity index (χ0n) is 12.8. The van der Waals surface area contributed by atoms with E-state index in [1.807, 2.05) is 18.2 Å². The number of hydrogen-bond acceptors (Lipinski definition) is 3. The number of halogens is 2. The zero-order chi connectivity index (χ0) is 15.1. The Balaban J connectivity index is 2.34. The Morgan fingerprint density at radius 3 is 2.40 bits per heavy atom. The molecule has 0 saturated heterocycles. The van der Waals surface area contributed by atoms with Gasteiger partial charge in [-0.05, 0) is 52.2 Å². The van der Waals surface area contributed by atoms with Crippen molar-refractivity contribution in [3.8, 4) is 0 Å². The fourth-order valence-electron chi connectivity index (χ4n) is 1.85. The highest BCUT2D eigenvalue weighted by Gasteiger charge is 2.08. The van der Waals surface area contributed by atoms with Gasteiger partial charge in [0.2, 0.25) is 0 Å². The Kier molecular flexibility index (Phi) is 7.85. The Labute approximate surface area is 132 Å². The summed E-state index contributed by atoms with van der Waals surface area (Å²) < 4.78 is 0. The number of hydrogen-bond donors (Lipinski definition) is 1. The van der Waals surface area contributed by atoms with Crippen LogP contribution in [0.25, 0.3) is 0 Å². The summed E-state index contributed by atoms with van der Waals surface area (Å²) in [4.78, 5) is 4.48. The largest absolute Gasteiger partial charge is 0.308 e. The molecule has 114 valence electrons. The predicted octanol–water partition coefficient (Wildman–Crippen LogP) is 2.96. The summed E-state index contributed by atoms with van der Waals surface area (Å²) in [6.45, 7) is 5.20. The minimum absolute atomic E-state index is 0.359. The van der Waals surface area contributed by atoms with Crippen molar-refractivity contribution in [3.63, 3.8) is 0 Å². The molecule has 0 aliphatic heterocycles. The first-order chi connectivity index (χ1) is 9.40. The molecule has 3 nitrogen and oxygen atoms in total. The van der Waals surface area contributed by atoms with Crippen LogP contribution in [-0.4, -0.2) is 56.7 Å². The maximum absolute atomic E-state index is 6.03. The van der Waals surface area contributed by atoms with E-state index in [0.29, 0.717) is 16.2 Å². The summed E-state index contributed by atoms with van der Waals surface area (Å²) in [7, 11) is 6.30. The van der Waals surface area contributed by atoms with E-state index in [4.69, 9.17) is 23.2 Å². The molecule has 0 amide bonds. The van der Waals surface area contributed by atoms with Crippen molar-refractivity contribution >= 4 is 23.2 Å². The monoisotopic (exact) mass is 317 g/mol. The van der Waals surface area contributed by atoms with Crippen LogP contribution in [0.2, 0.25) is 10.0 Å². The summed E-state index contributed by atoms with van der Waals surface area (Å²) in [6.07, 6.45) is 1.32. The molecule has 0 spiro atoms. The van der Waals surface area contributed by atoms with Crippen molar-refractivity contribution in [2.24, 2.45) is 0 Å². The lowest BCUT2D eigenvalue weighted by Gasteiger charge is -2.26. The molecule has 5 heteroatoms. The van der Waals surface area contributed by atoms with Crippen molar-refractivity contribution < 1.29 is 0 Å². The Morgan fingerprint density at radius 2 is 1.80 bits per heavy atom. The van der Waals surface area contributed by atoms with Crippen LogP contribution >= 0.6 is 23.2 Å². The molecule has 0 aliphatic carbocycles. The number of nitrogens with zero attached hydrogens (tertiary/aromatic N) is 2. The third-order valence-corrected chi connectivity index (χ3v) is 4.14. The van der Waals surface area contributed by atoms with Crippen molar-refractivity contribution in [2.75, 3.05) is 40.8 Å². The van der Waals surface area contributed by atoms with Gasteiger partial charge in [0.1, 0.15) is 0 Å². The molecule has 1 aromatic carbocycles. The first-order valence-electron chi connectivity index (χ1n) is 6.92. The molecular formula is C15H25Cl2N3. The molecule has 1 atom stereocenters. The maximum atomic E-state index is 6.03. The summed E-state index contributed by atoms with van der Waals surface area (Å²) >= 11 is 11.9. The van der Waals surface area contributed by atoms with E-state index >= 15 is 0 Å². The molecule has 20 heavy (non-hydrogen) atoms. The highest BCUT2D eigenvalue weighted by atomic mass is 35.5. The topological polar surface area (TPSA) is 18.5 Å². The molecule has 1 N–H and O–H groups in total. The smallest absolute Gasteiger partial charge is 0.0595 e. The summed E-state index contributed by atoms with van der Waals surface area (Å²) in [5.41, 5.74) is 1.21. The van der Waals surface area contributed by atoms with E-state index in [-0.39, 0.29) is 0 Å². The predicted molar refractivity (Wildman–Crippen MR) is 88.8 cm³/mol. The maximum Gasteiger partial charge on any atom is 0.0595 e. The summed E-state index contributed by atoms with van der Waals surface area (Å²) in [5.74, 6) is 0. The molecular weight excluding hydrogens is 293 g/mol. The Bertz CT molecular complexity index is 410. The van der Waals surface area contributed by atoms with Crippen molar-refractivity contribution in [2.45, 2.75) is 19.5 Å². The van der Waals surface area contributed by atoms with Gasteiger partial charge in [-0.1, -0.05) is 29.3 Å². The minimum Gasteiger partial charge on any atom is -0.308 e. The van der Waals surface area contributed by atoms with Gasteiger partial charge in [-0.15, -0.1) is 0 Å². The first-order valence-corrected chi connectivity index (χ1v) is 7.68. The summed E-state index contributed by atoms with van der Waals surface area (Å²) in [6, 6.07) is 5.84. The molecule has 0 aliphatic rings. The van der Waals surface area contributed by atoms with Gasteiger partial charge in [0.15, 0.2) is 0 Å². The average molecular weight is 318 g/mol. The molecule has 1 rings (SSSR count). The lowest BCUT2D eigenvalue weighted by molar-refractivity contribution is 0.217. The van der Waals surface area contributed by atoms with Crippen molar-refractivity contribution in [3.05, 3.63) is 33.8 Å². The van der Waals surface area contributed by atoms with Gasteiger partial charge >= 0.3 is 0 Å². The Morgan fingerprint density at radius 1 is 1.10 bits per heavy atom. The van der Waals surface area contributed by atoms with Gasteiger partial charge in [0.25, 0.3) is 0 Å². The first kappa shape index (κ1) is 17.7. The summed E-state index contributed by atoms with van der Waals surface area (Å²) in [5, 5.41) is 4.75. The Hall–Kier alpha value is -0.320. The van der Waals surface area contributed by atoms with E-state index in [1.165, 1.54) is 5.56 Å². The zero-order valence-corrected chi connectivity index (χ0v) is 14.3. The van der Waals surface area contributed by atoms with Crippen LogP contribution in [0.1, 0.15) is 12.5 Å². The third-order valence-electron chi connectivity index (χ3n) is 3.40. The average Bonchev–Trinajstić information content (AvgIpc) is 2.39. The molecule has 0 radical (unpaired) electrons. The molecule has 0 aromatic heterocycles. The van der Waals surface area contributed by atoms with E-state index in [9.17, 15) is 0 Å². The quantitative estimate of drug-likeness (QED) is 0.744. The van der Waals surface area contributed by atoms with Crippen LogP contribution < -0.4 is 5.32 Å². The van der Waals surface area contributed by atoms with Gasteiger partial charge in [0.05, 0.1) is 16.2 Å². The van der Waals surface area contributed by atoms with Crippen LogP contribution in [0.15, 0.2) is 18.2 Å². The van der Waals surface area contributed by atoms with Crippen LogP contribution in [0.4, 0.5) is 0 Å². The SMILES string of the molecule is CC(NCCN(C)C)N(C)CCc1ccc(Cl)c(Cl)c1. The number of nitrogens with one attached hydrogen (secondary N) is 1. The van der Waals surface area contributed by atoms with Crippen LogP contribution in [0.3, 0.4) is 0 Å². The van der Waals surface area contributed by atoms with Gasteiger partial charge in [0, 0.05) is 19.6 Å². The van der Waals surface area contributed by atoms with Crippen molar-refractivity contribution in [1.82, 2.24) is 15.1 Å². The standard InChI is InChI=1S/C15H25Cl2N3/c1-12(18-8-10-19(2)3)20(4)9-7-13-5-6-14(16)15(17)11-13/h5-6,11-12,18H,7-10H2,1-4H3. The number of rotatable bonds is 8. The lowest BCUT2D eigenvalue weighted by atomic mass is 10.1. The fourth-order valence-corrected chi connectivity index (χ4v) is 2.17. The van der Waals surface area contributed by atoms with E-state index in [2.05, 4.69) is 43.2 Å². The second kappa shape index (κ2) is 8.85. The van der Waals surface area contributed by atoms with Crippen LogP contribution in [0, 0.1) is 0 Å². The molecule has 0 fully saturated rings. The highest BCUT2D eigenvalue weighted by Crippen LogP contribution is 2.22. The fraction of sp³-hybridized carbons (Fsp3) is 0.600. The second-order valence-corrected chi connectivity index (χ2v) is 6.23. The van der Waals surface area contributed by atoms with Gasteiger partial charge in [-0.3, -0.25) is 4.90 Å². The molecule has 0 saturated carbocycles. The van der Waals surface area contributed by atoms with E-state index < -0.39 is 0 Å². The minimum atomic E-state index is 0.359. The third kappa shape index (κ3) is 6.42. The van der Waals surface area contributed by atoms with E-state index in [1.54, 1.807) is 0 Å². The van der Waals surface area contributed by atoms with Crippen LogP contribution in [0.5, 0.6) is 0 Å². The second-order valence-electron chi connectivity index (χ2n) is 5.41. The normalized spacial score (nSPS) is 13.2. The molecule has 1 aromatic rings. The van der Waals surface area contributed by atoms with Gasteiger partial charge in [-0.25, -0.2) is 0 Å². The van der Waals surface area contributed by atoms with Gasteiger partial charge in [-0.2, -0.15) is 0 Å². The highest BCUT2D eigenvalue weighted by molar-refractivity contribution is 6.42. The van der Waals surface area contributed by atoms with Crippen LogP contribution in [-0.2, 0) is 6.42 Å². The molecule has 0 heterocycles. The number of benzene rings is 1. The number of likely N-dealkylation sites (N-methyl/N-ethyl adjacent to an activating group) is 2. The molecule has 0 bridgehead atoms. The lowest BCUT2D eigenvalue weighted by Crippen LogP contribution is -2.44. The van der Waals surface area contributed by atoms with Crippen molar-refractivity contribution in [1.29, 1.82) is 0 Å². The van der Waals surface area contributed by atoms with E-state index in [0.717, 1.165) is 26.1 Å². The van der Waals surface area contributed by atoms with Gasteiger partial charge < -0.3 is 10.2 Å².